The van der Waals surface area contributed by atoms with Gasteiger partial charge in [-0.25, -0.2) is 5.43 Å². The van der Waals surface area contributed by atoms with Crippen molar-refractivity contribution in [1.29, 1.82) is 0 Å². The highest BCUT2D eigenvalue weighted by Gasteiger charge is 2.40. The fourth-order valence-corrected chi connectivity index (χ4v) is 9.81. The zero-order chi connectivity index (χ0) is 47.6. The van der Waals surface area contributed by atoms with Crippen LogP contribution in [0.2, 0.25) is 0 Å². The molecule has 0 saturated carbocycles. The van der Waals surface area contributed by atoms with Crippen LogP contribution in [0, 0.1) is 29.1 Å². The molecule has 2 aromatic carbocycles. The highest BCUT2D eigenvalue weighted by atomic mass is 16.5. The number of phenolic OH excluding ortho intramolecular Hbond substituents is 1. The first kappa shape index (κ1) is 47.7. The third-order valence-electron chi connectivity index (χ3n) is 13.2. The van der Waals surface area contributed by atoms with E-state index in [0.29, 0.717) is 43.4 Å². The number of likely N-dealkylation sites (N-methyl/N-ethyl adjacent to an activating group) is 1. The van der Waals surface area contributed by atoms with Crippen LogP contribution in [-0.2, 0) is 53.3 Å². The van der Waals surface area contributed by atoms with Gasteiger partial charge in [0.25, 0.3) is 11.8 Å². The maximum absolute atomic E-state index is 14.7. The van der Waals surface area contributed by atoms with Gasteiger partial charge in [0.1, 0.15) is 23.9 Å². The predicted octanol–water partition coefficient (Wildman–Crippen LogP) is 5.32. The van der Waals surface area contributed by atoms with Crippen molar-refractivity contribution >= 4 is 40.5 Å². The maximum atomic E-state index is 14.7. The number of likely N-dealkylation sites (tertiary alicyclic amines) is 1. The Hall–Kier alpha value is -6.24. The molecule has 5 atom stereocenters. The van der Waals surface area contributed by atoms with Gasteiger partial charge in [-0.1, -0.05) is 45.7 Å². The van der Waals surface area contributed by atoms with Crippen molar-refractivity contribution in [3.63, 3.8) is 0 Å². The highest BCUT2D eigenvalue weighted by molar-refractivity contribution is 5.97. The molecule has 350 valence electrons. The quantitative estimate of drug-likeness (QED) is 0.155. The molecule has 3 aliphatic rings. The molecule has 2 saturated heterocycles. The first-order valence-corrected chi connectivity index (χ1v) is 22.9. The number of nitrogens with one attached hydrogen (secondary N) is 2. The summed E-state index contributed by atoms with van der Waals surface area (Å²) in [6.45, 7) is 12.3. The van der Waals surface area contributed by atoms with Gasteiger partial charge in [0.15, 0.2) is 0 Å². The van der Waals surface area contributed by atoms with Gasteiger partial charge < -0.3 is 34.3 Å². The minimum absolute atomic E-state index is 0.0153. The summed E-state index contributed by atoms with van der Waals surface area (Å²) in [5.41, 5.74) is 9.38. The Labute approximate surface area is 387 Å². The molecule has 4 amide bonds. The molecule has 3 N–H and O–H groups in total. The molecule has 5 heterocycles. The first-order valence-electron chi connectivity index (χ1n) is 22.9. The lowest BCUT2D eigenvalue weighted by Gasteiger charge is -2.37. The van der Waals surface area contributed by atoms with Crippen LogP contribution in [0.3, 0.4) is 0 Å². The summed E-state index contributed by atoms with van der Waals surface area (Å²) in [4.78, 5) is 77.3. The number of aromatic hydroxyl groups is 1. The number of carbonyl (C=O) groups excluding carboxylic acids is 5. The minimum atomic E-state index is -1.17. The number of esters is 1. The number of hydrogen-bond donors (Lipinski definition) is 3. The summed E-state index contributed by atoms with van der Waals surface area (Å²) in [7, 11) is 5.27. The van der Waals surface area contributed by atoms with Gasteiger partial charge in [-0.05, 0) is 110 Å². The Balaban J connectivity index is 1.29. The van der Waals surface area contributed by atoms with Gasteiger partial charge in [-0.2, -0.15) is 0 Å². The number of hydrazine groups is 1. The van der Waals surface area contributed by atoms with E-state index in [9.17, 15) is 29.1 Å². The summed E-state index contributed by atoms with van der Waals surface area (Å²) in [5.74, 6) is 2.14. The topological polar surface area (TPSA) is 176 Å². The van der Waals surface area contributed by atoms with Crippen LogP contribution in [0.5, 0.6) is 5.75 Å². The average molecular weight is 902 g/mol. The van der Waals surface area contributed by atoms with Crippen LogP contribution < -0.4 is 10.7 Å². The van der Waals surface area contributed by atoms with Crippen LogP contribution in [-0.4, -0.2) is 118 Å². The summed E-state index contributed by atoms with van der Waals surface area (Å²) in [6, 6.07) is 12.4. The zero-order valence-electron chi connectivity index (χ0n) is 39.6. The fourth-order valence-electron chi connectivity index (χ4n) is 9.81. The molecule has 2 fully saturated rings. The lowest BCUT2D eigenvalue weighted by Crippen LogP contribution is -2.62. The van der Waals surface area contributed by atoms with Crippen molar-refractivity contribution in [2.45, 2.75) is 97.9 Å². The van der Waals surface area contributed by atoms with Crippen LogP contribution in [0.15, 0.2) is 54.7 Å². The second kappa shape index (κ2) is 19.7. The average Bonchev–Trinajstić information content (AvgIpc) is 3.89. The standard InChI is InChI=1S/C51H63N7O8/c1-10-13-43(60)57-21-18-34(28-57)48(62)56(8)45(30(2)3)47(61)53-41-24-32-22-35(25-36(59)23-32)33-16-17-42-38(26-33)39(46(55(42)7)37-14-11-19-52-44(37)31(4)65-9)27-51(5,6)29-66-50(64)40-15-12-20-58(54-40)49(41)63/h11,14,16-17,19,22-23,25-26,30-31,34,40-41,45,54,59H,12,15,18,20-21,24,27-29H2,1-9H3,(H,53,61)/t31-,34-,40-,41-,45-/m0/s1. The number of amides is 4. The molecule has 66 heavy (non-hydrogen) atoms. The van der Waals surface area contributed by atoms with Crippen LogP contribution in [0.4, 0.5) is 0 Å². The van der Waals surface area contributed by atoms with E-state index in [1.54, 1.807) is 44.3 Å². The number of nitrogens with zero attached hydrogens (tertiary/aromatic N) is 5. The summed E-state index contributed by atoms with van der Waals surface area (Å²) >= 11 is 0. The van der Waals surface area contributed by atoms with E-state index in [4.69, 9.17) is 14.5 Å². The van der Waals surface area contributed by atoms with Crippen LogP contribution >= 0.6 is 0 Å². The lowest BCUT2D eigenvalue weighted by atomic mass is 9.84. The number of carbonyl (C=O) groups is 5. The Morgan fingerprint density at radius 3 is 2.56 bits per heavy atom. The van der Waals surface area contributed by atoms with Crippen molar-refractivity contribution in [3.8, 4) is 40.0 Å². The smallest absolute Gasteiger partial charge is 0.324 e. The molecule has 3 aliphatic heterocycles. The Morgan fingerprint density at radius 1 is 1.06 bits per heavy atom. The Kier molecular flexibility index (Phi) is 14.2. The second-order valence-electron chi connectivity index (χ2n) is 19.1. The Morgan fingerprint density at radius 2 is 1.83 bits per heavy atom. The number of phenols is 1. The van der Waals surface area contributed by atoms with Gasteiger partial charge in [-0.15, -0.1) is 0 Å². The largest absolute Gasteiger partial charge is 0.508 e. The normalized spacial score (nSPS) is 20.8. The van der Waals surface area contributed by atoms with Crippen molar-refractivity contribution in [1.82, 2.24) is 35.1 Å². The molecule has 15 nitrogen and oxygen atoms in total. The number of rotatable bonds is 8. The van der Waals surface area contributed by atoms with E-state index in [1.165, 1.54) is 9.91 Å². The molecule has 0 aliphatic carbocycles. The molecular formula is C51H63N7O8. The number of hydrogen-bond acceptors (Lipinski definition) is 10. The van der Waals surface area contributed by atoms with E-state index >= 15 is 0 Å². The second-order valence-corrected chi connectivity index (χ2v) is 19.1. The third-order valence-corrected chi connectivity index (χ3v) is 13.2. The van der Waals surface area contributed by atoms with Gasteiger partial charge in [-0.3, -0.25) is 34.0 Å². The Bertz CT molecular complexity index is 2590. The highest BCUT2D eigenvalue weighted by Crippen LogP contribution is 2.41. The van der Waals surface area contributed by atoms with Gasteiger partial charge in [0.05, 0.1) is 30.0 Å². The zero-order valence-corrected chi connectivity index (χ0v) is 39.6. The van der Waals surface area contributed by atoms with E-state index in [1.807, 2.05) is 46.0 Å². The van der Waals surface area contributed by atoms with E-state index in [2.05, 4.69) is 59.2 Å². The molecule has 4 aromatic rings. The first-order chi connectivity index (χ1) is 31.4. The van der Waals surface area contributed by atoms with Crippen molar-refractivity contribution < 1.29 is 38.6 Å². The monoisotopic (exact) mass is 901 g/mol. The number of ether oxygens (including phenoxy) is 2. The van der Waals surface area contributed by atoms with Crippen molar-refractivity contribution in [2.24, 2.45) is 24.3 Å². The third kappa shape index (κ3) is 9.95. The van der Waals surface area contributed by atoms with Gasteiger partial charge >= 0.3 is 5.97 Å². The van der Waals surface area contributed by atoms with Gasteiger partial charge in [0, 0.05) is 75.3 Å². The molecule has 2 aromatic heterocycles. The molecule has 6 bridgehead atoms. The number of methoxy groups -OCH3 is 1. The van der Waals surface area contributed by atoms with Crippen LogP contribution in [0.25, 0.3) is 33.3 Å². The number of aromatic nitrogens is 2. The number of benzene rings is 2. The van der Waals surface area contributed by atoms with E-state index < -0.39 is 47.2 Å². The summed E-state index contributed by atoms with van der Waals surface area (Å²) in [6.07, 6.45) is 3.37. The van der Waals surface area contributed by atoms with E-state index in [0.717, 1.165) is 39.0 Å². The molecule has 0 unspecified atom stereocenters. The number of pyridine rings is 1. The number of cyclic esters (lactones) is 1. The SMILES string of the molecule is CC#CC(=O)N1CC[C@H](C(=O)N(C)[C@H](C(=O)N[C@H]2Cc3cc(O)cc(c3)-c3ccc4c(c3)c(c(-c3cccnc3[C@H](C)OC)n4C)CC(C)(C)COC(=O)[C@@H]3CCCN(N3)C2=O)C(C)C)C1. The minimum Gasteiger partial charge on any atom is -0.508 e. The van der Waals surface area contributed by atoms with E-state index in [-0.39, 0.29) is 55.7 Å². The molecule has 0 spiro atoms. The molecule has 0 radical (unpaired) electrons. The van der Waals surface area contributed by atoms with Crippen molar-refractivity contribution in [3.05, 3.63) is 71.5 Å². The van der Waals surface area contributed by atoms with Gasteiger partial charge in [0.2, 0.25) is 11.8 Å². The summed E-state index contributed by atoms with van der Waals surface area (Å²) < 4.78 is 14.0. The number of fused-ring (bicyclic) bond motifs is 6. The number of aryl methyl sites for hydroxylation is 1. The predicted molar refractivity (Wildman–Crippen MR) is 250 cm³/mol. The maximum Gasteiger partial charge on any atom is 0.324 e. The lowest BCUT2D eigenvalue weighted by molar-refractivity contribution is -0.155. The molecular weight excluding hydrogens is 839 g/mol. The van der Waals surface area contributed by atoms with Crippen LogP contribution in [0.1, 0.15) is 83.7 Å². The summed E-state index contributed by atoms with van der Waals surface area (Å²) in [5, 5.41) is 16.6. The van der Waals surface area contributed by atoms with Crippen molar-refractivity contribution in [2.75, 3.05) is 40.4 Å². The fraction of sp³-hybridized carbons (Fsp3) is 0.490. The molecule has 7 rings (SSSR count). The molecule has 15 heteroatoms.